The summed E-state index contributed by atoms with van der Waals surface area (Å²) in [6.07, 6.45) is 1.00. The molecule has 0 spiro atoms. The van der Waals surface area contributed by atoms with Gasteiger partial charge in [0.2, 0.25) is 0 Å². The normalized spacial score (nSPS) is 12.8. The van der Waals surface area contributed by atoms with E-state index in [1.807, 2.05) is 36.4 Å². The molecule has 0 saturated carbocycles. The average Bonchev–Trinajstić information content (AvgIpc) is 2.58. The molecule has 0 bridgehead atoms. The number of fused-ring (bicyclic) bond motifs is 1. The zero-order valence-corrected chi connectivity index (χ0v) is 12.8. The quantitative estimate of drug-likeness (QED) is 0.879. The van der Waals surface area contributed by atoms with Crippen molar-refractivity contribution in [2.75, 3.05) is 25.1 Å². The summed E-state index contributed by atoms with van der Waals surface area (Å²) < 4.78 is 16.9. The van der Waals surface area contributed by atoms with E-state index in [0.717, 1.165) is 41.5 Å². The van der Waals surface area contributed by atoms with E-state index in [2.05, 4.69) is 18.3 Å². The van der Waals surface area contributed by atoms with Crippen molar-refractivity contribution in [3.63, 3.8) is 0 Å². The van der Waals surface area contributed by atoms with Crippen LogP contribution in [0.1, 0.15) is 18.9 Å². The molecule has 116 valence electrons. The molecule has 22 heavy (non-hydrogen) atoms. The summed E-state index contributed by atoms with van der Waals surface area (Å²) in [5, 5.41) is 3.41. The fourth-order valence-electron chi connectivity index (χ4n) is 2.35. The Morgan fingerprint density at radius 3 is 2.73 bits per heavy atom. The second-order valence-electron chi connectivity index (χ2n) is 5.17. The van der Waals surface area contributed by atoms with Gasteiger partial charge in [-0.05, 0) is 24.6 Å². The fraction of sp³-hybridized carbons (Fsp3) is 0.333. The third-order valence-electron chi connectivity index (χ3n) is 3.46. The van der Waals surface area contributed by atoms with Gasteiger partial charge < -0.3 is 19.5 Å². The molecule has 4 nitrogen and oxygen atoms in total. The van der Waals surface area contributed by atoms with Crippen molar-refractivity contribution in [3.8, 4) is 17.2 Å². The van der Waals surface area contributed by atoms with Gasteiger partial charge in [0.1, 0.15) is 19.0 Å². The molecular weight excluding hydrogens is 278 g/mol. The third-order valence-corrected chi connectivity index (χ3v) is 3.46. The van der Waals surface area contributed by atoms with Crippen LogP contribution in [0.15, 0.2) is 42.5 Å². The largest absolute Gasteiger partial charge is 0.493 e. The van der Waals surface area contributed by atoms with Crippen LogP contribution >= 0.6 is 0 Å². The Labute approximate surface area is 131 Å². The summed E-state index contributed by atoms with van der Waals surface area (Å²) >= 11 is 0. The van der Waals surface area contributed by atoms with Crippen LogP contribution in [-0.2, 0) is 6.54 Å². The maximum absolute atomic E-state index is 5.78. The van der Waals surface area contributed by atoms with Crippen LogP contribution in [0.3, 0.4) is 0 Å². The van der Waals surface area contributed by atoms with Crippen molar-refractivity contribution in [2.45, 2.75) is 19.9 Å². The zero-order valence-electron chi connectivity index (χ0n) is 12.8. The average molecular weight is 299 g/mol. The number of hydrogen-bond acceptors (Lipinski definition) is 4. The van der Waals surface area contributed by atoms with Crippen molar-refractivity contribution in [3.05, 3.63) is 48.0 Å². The minimum absolute atomic E-state index is 0.601. The lowest BCUT2D eigenvalue weighted by atomic mass is 10.2. The Balaban J connectivity index is 1.67. The maximum Gasteiger partial charge on any atom is 0.163 e. The van der Waals surface area contributed by atoms with Gasteiger partial charge in [-0.2, -0.15) is 0 Å². The predicted molar refractivity (Wildman–Crippen MR) is 87.0 cm³/mol. The molecule has 1 aliphatic heterocycles. The highest BCUT2D eigenvalue weighted by molar-refractivity contribution is 5.55. The molecule has 1 heterocycles. The van der Waals surface area contributed by atoms with Gasteiger partial charge in [-0.15, -0.1) is 0 Å². The maximum atomic E-state index is 5.78. The number of benzene rings is 2. The van der Waals surface area contributed by atoms with Crippen LogP contribution in [-0.4, -0.2) is 19.8 Å². The molecular formula is C18H21NO3. The first-order valence-electron chi connectivity index (χ1n) is 7.71. The Bertz CT molecular complexity index is 627. The highest BCUT2D eigenvalue weighted by Gasteiger charge is 2.11. The monoisotopic (exact) mass is 299 g/mol. The number of anilines is 1. The van der Waals surface area contributed by atoms with E-state index in [9.17, 15) is 0 Å². The fourth-order valence-corrected chi connectivity index (χ4v) is 2.35. The van der Waals surface area contributed by atoms with E-state index in [4.69, 9.17) is 14.2 Å². The third kappa shape index (κ3) is 3.45. The lowest BCUT2D eigenvalue weighted by Gasteiger charge is -2.19. The standard InChI is InChI=1S/C18H21NO3/c1-2-9-20-16-6-4-3-5-14(16)13-19-15-7-8-17-18(12-15)22-11-10-21-17/h3-8,12,19H,2,9-11,13H2,1H3. The smallest absolute Gasteiger partial charge is 0.163 e. The molecule has 1 N–H and O–H groups in total. The second-order valence-corrected chi connectivity index (χ2v) is 5.17. The molecule has 3 rings (SSSR count). The topological polar surface area (TPSA) is 39.7 Å². The lowest BCUT2D eigenvalue weighted by Crippen LogP contribution is -2.15. The molecule has 0 amide bonds. The number of nitrogens with one attached hydrogen (secondary N) is 1. The minimum Gasteiger partial charge on any atom is -0.493 e. The van der Waals surface area contributed by atoms with E-state index < -0.39 is 0 Å². The van der Waals surface area contributed by atoms with Crippen LogP contribution in [0.25, 0.3) is 0 Å². The Morgan fingerprint density at radius 1 is 1.05 bits per heavy atom. The molecule has 0 saturated heterocycles. The van der Waals surface area contributed by atoms with Crippen LogP contribution in [0, 0.1) is 0 Å². The second kappa shape index (κ2) is 7.07. The predicted octanol–water partition coefficient (Wildman–Crippen LogP) is 3.86. The molecule has 0 radical (unpaired) electrons. The summed E-state index contributed by atoms with van der Waals surface area (Å²) in [6.45, 7) is 4.77. The Kier molecular flexibility index (Phi) is 4.68. The summed E-state index contributed by atoms with van der Waals surface area (Å²) in [6, 6.07) is 14.0. The van der Waals surface area contributed by atoms with Gasteiger partial charge in [-0.3, -0.25) is 0 Å². The molecule has 1 aliphatic rings. The Hall–Kier alpha value is -2.36. The van der Waals surface area contributed by atoms with Gasteiger partial charge in [0.15, 0.2) is 11.5 Å². The van der Waals surface area contributed by atoms with Crippen LogP contribution in [0.5, 0.6) is 17.2 Å². The number of para-hydroxylation sites is 1. The molecule has 0 fully saturated rings. The molecule has 0 aliphatic carbocycles. The SMILES string of the molecule is CCCOc1ccccc1CNc1ccc2c(c1)OCCO2. The lowest BCUT2D eigenvalue weighted by molar-refractivity contribution is 0.171. The molecule has 2 aromatic rings. The van der Waals surface area contributed by atoms with Crippen molar-refractivity contribution >= 4 is 5.69 Å². The van der Waals surface area contributed by atoms with Gasteiger partial charge >= 0.3 is 0 Å². The highest BCUT2D eigenvalue weighted by atomic mass is 16.6. The zero-order chi connectivity index (χ0) is 15.2. The molecule has 4 heteroatoms. The van der Waals surface area contributed by atoms with Gasteiger partial charge in [0.25, 0.3) is 0 Å². The molecule has 0 aromatic heterocycles. The Morgan fingerprint density at radius 2 is 1.86 bits per heavy atom. The first-order valence-corrected chi connectivity index (χ1v) is 7.71. The first kappa shape index (κ1) is 14.6. The summed E-state index contributed by atoms with van der Waals surface area (Å²) in [5.74, 6) is 2.55. The highest BCUT2D eigenvalue weighted by Crippen LogP contribution is 2.33. The minimum atomic E-state index is 0.601. The van der Waals surface area contributed by atoms with Crippen molar-refractivity contribution in [1.29, 1.82) is 0 Å². The molecule has 2 aromatic carbocycles. The number of hydrogen-bond donors (Lipinski definition) is 1. The summed E-state index contributed by atoms with van der Waals surface area (Å²) in [5.41, 5.74) is 2.15. The van der Waals surface area contributed by atoms with E-state index in [-0.39, 0.29) is 0 Å². The van der Waals surface area contributed by atoms with E-state index in [1.54, 1.807) is 0 Å². The van der Waals surface area contributed by atoms with E-state index in [0.29, 0.717) is 19.8 Å². The molecule has 0 unspecified atom stereocenters. The summed E-state index contributed by atoms with van der Waals surface area (Å²) in [4.78, 5) is 0. The van der Waals surface area contributed by atoms with E-state index in [1.165, 1.54) is 0 Å². The van der Waals surface area contributed by atoms with Crippen LogP contribution < -0.4 is 19.5 Å². The van der Waals surface area contributed by atoms with Gasteiger partial charge in [0.05, 0.1) is 6.61 Å². The number of ether oxygens (including phenoxy) is 3. The van der Waals surface area contributed by atoms with E-state index >= 15 is 0 Å². The summed E-state index contributed by atoms with van der Waals surface area (Å²) in [7, 11) is 0. The van der Waals surface area contributed by atoms with Gasteiger partial charge in [0, 0.05) is 23.9 Å². The first-order chi connectivity index (χ1) is 10.9. The van der Waals surface area contributed by atoms with Crippen molar-refractivity contribution < 1.29 is 14.2 Å². The molecule has 0 atom stereocenters. The van der Waals surface area contributed by atoms with Gasteiger partial charge in [-0.25, -0.2) is 0 Å². The van der Waals surface area contributed by atoms with Crippen LogP contribution in [0.2, 0.25) is 0 Å². The van der Waals surface area contributed by atoms with Crippen LogP contribution in [0.4, 0.5) is 5.69 Å². The van der Waals surface area contributed by atoms with Gasteiger partial charge in [-0.1, -0.05) is 25.1 Å². The number of rotatable bonds is 6. The van der Waals surface area contributed by atoms with Crippen molar-refractivity contribution in [2.24, 2.45) is 0 Å². The van der Waals surface area contributed by atoms with Crippen molar-refractivity contribution in [1.82, 2.24) is 0 Å².